The molecule has 0 atom stereocenters. The smallest absolute Gasteiger partial charge is 0.229 e. The van der Waals surface area contributed by atoms with Crippen LogP contribution in [0.4, 0.5) is 11.6 Å². The third kappa shape index (κ3) is 7.25. The first kappa shape index (κ1) is 23.6. The molecule has 3 aromatic rings. The first-order valence-electron chi connectivity index (χ1n) is 11.6. The zero-order valence-corrected chi connectivity index (χ0v) is 20.4. The van der Waals surface area contributed by atoms with Gasteiger partial charge in [0.1, 0.15) is 11.5 Å². The fraction of sp³-hybridized carbons (Fsp3) is 0.308. The highest BCUT2D eigenvalue weighted by molar-refractivity contribution is 7.80. The molecule has 8 heteroatoms. The third-order valence-electron chi connectivity index (χ3n) is 5.42. The molecular weight excluding hydrogens is 444 g/mol. The number of aliphatic imine (C=N–C) groups is 1. The summed E-state index contributed by atoms with van der Waals surface area (Å²) in [5.74, 6) is 2.61. The van der Waals surface area contributed by atoms with Gasteiger partial charge in [0.2, 0.25) is 11.9 Å². The highest BCUT2D eigenvalue weighted by Gasteiger charge is 2.15. The zero-order chi connectivity index (χ0) is 23.8. The molecule has 0 bridgehead atoms. The fourth-order valence-electron chi connectivity index (χ4n) is 3.88. The average molecular weight is 475 g/mol. The third-order valence-corrected chi connectivity index (χ3v) is 5.63. The van der Waals surface area contributed by atoms with E-state index in [1.807, 2.05) is 74.5 Å². The number of hydrogen-bond donors (Lipinski definition) is 3. The van der Waals surface area contributed by atoms with Crippen molar-refractivity contribution in [2.75, 3.05) is 10.6 Å². The molecule has 4 rings (SSSR count). The maximum atomic E-state index is 5.85. The highest BCUT2D eigenvalue weighted by Crippen LogP contribution is 2.23. The minimum atomic E-state index is 0.256. The van der Waals surface area contributed by atoms with Crippen molar-refractivity contribution in [1.82, 2.24) is 15.3 Å². The number of ether oxygens (including phenoxy) is 1. The summed E-state index contributed by atoms with van der Waals surface area (Å²) in [7, 11) is 0. The topological polar surface area (TPSA) is 83.5 Å². The second-order valence-electron chi connectivity index (χ2n) is 8.39. The van der Waals surface area contributed by atoms with Crippen LogP contribution < -0.4 is 20.7 Å². The van der Waals surface area contributed by atoms with Gasteiger partial charge in [0, 0.05) is 17.1 Å². The normalized spacial score (nSPS) is 14.4. The molecular formula is C26H30N6OS. The number of anilines is 2. The van der Waals surface area contributed by atoms with E-state index >= 15 is 0 Å². The van der Waals surface area contributed by atoms with Crippen LogP contribution in [0.15, 0.2) is 65.7 Å². The average Bonchev–Trinajstić information content (AvgIpc) is 2.81. The van der Waals surface area contributed by atoms with Crippen molar-refractivity contribution < 1.29 is 4.74 Å². The molecule has 2 aromatic carbocycles. The van der Waals surface area contributed by atoms with Crippen LogP contribution in [0.1, 0.15) is 43.5 Å². The van der Waals surface area contributed by atoms with Crippen molar-refractivity contribution in [2.24, 2.45) is 4.99 Å². The molecule has 1 aromatic heterocycles. The van der Waals surface area contributed by atoms with Crippen LogP contribution >= 0.6 is 12.2 Å². The number of rotatable bonds is 5. The molecule has 3 N–H and O–H groups in total. The van der Waals surface area contributed by atoms with Crippen LogP contribution in [0, 0.1) is 13.8 Å². The molecule has 0 spiro atoms. The molecule has 7 nitrogen and oxygen atoms in total. The van der Waals surface area contributed by atoms with Gasteiger partial charge in [-0.15, -0.1) is 0 Å². The first-order valence-corrected chi connectivity index (χ1v) is 12.0. The number of guanidine groups is 1. The maximum Gasteiger partial charge on any atom is 0.229 e. The van der Waals surface area contributed by atoms with E-state index in [9.17, 15) is 0 Å². The summed E-state index contributed by atoms with van der Waals surface area (Å²) in [5, 5.41) is 10.1. The van der Waals surface area contributed by atoms with Gasteiger partial charge in [0.05, 0.1) is 6.04 Å². The Morgan fingerprint density at radius 3 is 2.21 bits per heavy atom. The summed E-state index contributed by atoms with van der Waals surface area (Å²) in [6, 6.07) is 19.5. The zero-order valence-electron chi connectivity index (χ0n) is 19.5. The van der Waals surface area contributed by atoms with E-state index in [2.05, 4.69) is 25.9 Å². The van der Waals surface area contributed by atoms with E-state index in [0.717, 1.165) is 41.4 Å². The van der Waals surface area contributed by atoms with Crippen molar-refractivity contribution in [3.8, 4) is 11.5 Å². The van der Waals surface area contributed by atoms with Gasteiger partial charge in [-0.25, -0.2) is 15.0 Å². The van der Waals surface area contributed by atoms with E-state index in [1.54, 1.807) is 0 Å². The number of nitrogens with one attached hydrogen (secondary N) is 3. The Balaban J connectivity index is 1.41. The lowest BCUT2D eigenvalue weighted by Gasteiger charge is -2.20. The van der Waals surface area contributed by atoms with Crippen LogP contribution in [0.2, 0.25) is 0 Å². The number of hydrogen-bond acceptors (Lipinski definition) is 5. The lowest BCUT2D eigenvalue weighted by Crippen LogP contribution is -2.40. The highest BCUT2D eigenvalue weighted by atomic mass is 32.1. The van der Waals surface area contributed by atoms with Gasteiger partial charge in [-0.3, -0.25) is 5.32 Å². The van der Waals surface area contributed by atoms with Gasteiger partial charge < -0.3 is 15.4 Å². The standard InChI is InChI=1S/C26H30N6OS/c1-18-17-19(2)28-24(27-18)31-25(29-20-9-5-3-6-10-20)32-26(34)30-21-13-15-23(16-14-21)33-22-11-7-4-8-12-22/h4,7-8,11-17,20H,3,5-6,9-10H2,1-2H3,(H3,27,28,29,30,31,32,34). The number of aryl methyl sites for hydroxylation is 2. The summed E-state index contributed by atoms with van der Waals surface area (Å²) < 4.78 is 5.85. The predicted octanol–water partition coefficient (Wildman–Crippen LogP) is 5.97. The van der Waals surface area contributed by atoms with Gasteiger partial charge in [-0.1, -0.05) is 37.5 Å². The van der Waals surface area contributed by atoms with Crippen molar-refractivity contribution in [1.29, 1.82) is 0 Å². The molecule has 34 heavy (non-hydrogen) atoms. The van der Waals surface area contributed by atoms with E-state index in [1.165, 1.54) is 19.3 Å². The van der Waals surface area contributed by atoms with Crippen LogP contribution in [0.3, 0.4) is 0 Å². The van der Waals surface area contributed by atoms with Gasteiger partial charge in [0.15, 0.2) is 5.11 Å². The monoisotopic (exact) mass is 474 g/mol. The van der Waals surface area contributed by atoms with E-state index < -0.39 is 0 Å². The molecule has 1 saturated carbocycles. The Labute approximate surface area is 206 Å². The first-order chi connectivity index (χ1) is 16.5. The second-order valence-corrected chi connectivity index (χ2v) is 8.80. The Morgan fingerprint density at radius 2 is 1.53 bits per heavy atom. The summed E-state index contributed by atoms with van der Waals surface area (Å²) in [6.07, 6.45) is 5.81. The van der Waals surface area contributed by atoms with E-state index in [4.69, 9.17) is 21.9 Å². The molecule has 0 saturated heterocycles. The number of thiocarbonyl (C=S) groups is 1. The van der Waals surface area contributed by atoms with Gasteiger partial charge in [0.25, 0.3) is 0 Å². The Morgan fingerprint density at radius 1 is 0.882 bits per heavy atom. The van der Waals surface area contributed by atoms with Crippen LogP contribution in [0.25, 0.3) is 0 Å². The molecule has 0 aliphatic heterocycles. The van der Waals surface area contributed by atoms with E-state index in [-0.39, 0.29) is 6.04 Å². The van der Waals surface area contributed by atoms with E-state index in [0.29, 0.717) is 17.0 Å². The number of para-hydroxylation sites is 1. The maximum absolute atomic E-state index is 5.85. The van der Waals surface area contributed by atoms with Crippen LogP contribution in [0.5, 0.6) is 11.5 Å². The number of benzene rings is 2. The molecule has 0 unspecified atom stereocenters. The largest absolute Gasteiger partial charge is 0.457 e. The number of aromatic nitrogens is 2. The van der Waals surface area contributed by atoms with Crippen LogP contribution in [-0.4, -0.2) is 27.1 Å². The molecule has 1 fully saturated rings. The Hall–Kier alpha value is -3.52. The fourth-order valence-corrected chi connectivity index (χ4v) is 4.09. The van der Waals surface area contributed by atoms with Crippen LogP contribution in [-0.2, 0) is 0 Å². The van der Waals surface area contributed by atoms with Crippen molar-refractivity contribution in [3.63, 3.8) is 0 Å². The minimum absolute atomic E-state index is 0.256. The SMILES string of the molecule is Cc1cc(C)nc(NC(=NC2CCCCC2)NC(=S)Nc2ccc(Oc3ccccc3)cc2)n1. The minimum Gasteiger partial charge on any atom is -0.457 e. The van der Waals surface area contributed by atoms with Crippen molar-refractivity contribution in [3.05, 3.63) is 72.1 Å². The Kier molecular flexibility index (Phi) is 8.04. The number of nitrogens with zero attached hydrogens (tertiary/aromatic N) is 3. The van der Waals surface area contributed by atoms with Crippen molar-refractivity contribution >= 4 is 34.9 Å². The molecule has 1 aliphatic carbocycles. The summed E-state index contributed by atoms with van der Waals surface area (Å²) in [4.78, 5) is 13.9. The lowest BCUT2D eigenvalue weighted by atomic mass is 9.96. The lowest BCUT2D eigenvalue weighted by molar-refractivity contribution is 0.443. The molecule has 1 aliphatic rings. The molecule has 176 valence electrons. The predicted molar refractivity (Wildman–Crippen MR) is 142 cm³/mol. The van der Waals surface area contributed by atoms with Crippen molar-refractivity contribution in [2.45, 2.75) is 52.0 Å². The molecule has 0 radical (unpaired) electrons. The second kappa shape index (κ2) is 11.6. The summed E-state index contributed by atoms with van der Waals surface area (Å²) in [5.41, 5.74) is 2.63. The molecule has 1 heterocycles. The molecule has 0 amide bonds. The van der Waals surface area contributed by atoms with Gasteiger partial charge in [-0.05, 0) is 81.4 Å². The van der Waals surface area contributed by atoms with Gasteiger partial charge in [-0.2, -0.15) is 0 Å². The summed E-state index contributed by atoms with van der Waals surface area (Å²) in [6.45, 7) is 3.89. The Bertz CT molecular complexity index is 1110. The van der Waals surface area contributed by atoms with Gasteiger partial charge >= 0.3 is 0 Å². The summed E-state index contributed by atoms with van der Waals surface area (Å²) >= 11 is 5.57. The quantitative estimate of drug-likeness (QED) is 0.239.